The van der Waals surface area contributed by atoms with Crippen molar-refractivity contribution in [3.63, 3.8) is 0 Å². The Bertz CT molecular complexity index is 784. The van der Waals surface area contributed by atoms with Crippen LogP contribution in [0.5, 0.6) is 0 Å². The van der Waals surface area contributed by atoms with E-state index in [9.17, 15) is 21.6 Å². The Hall–Kier alpha value is -1.65. The Balaban J connectivity index is 2.05. The van der Waals surface area contributed by atoms with Crippen molar-refractivity contribution in [2.45, 2.75) is 42.2 Å². The number of nitrogens with two attached hydrogens (primary N) is 1. The minimum atomic E-state index is -3.90. The van der Waals surface area contributed by atoms with Gasteiger partial charge in [-0.2, -0.15) is 0 Å². The molecule has 1 aromatic rings. The zero-order chi connectivity index (χ0) is 17.1. The molecule has 10 heteroatoms. The van der Waals surface area contributed by atoms with Gasteiger partial charge in [0.05, 0.1) is 10.1 Å². The molecule has 1 saturated carbocycles. The summed E-state index contributed by atoms with van der Waals surface area (Å²) in [6, 6.07) is 4.33. The van der Waals surface area contributed by atoms with E-state index in [1.807, 2.05) is 4.72 Å². The number of benzene rings is 1. The van der Waals surface area contributed by atoms with Crippen molar-refractivity contribution in [1.29, 1.82) is 0 Å². The van der Waals surface area contributed by atoms with Crippen LogP contribution >= 0.6 is 0 Å². The van der Waals surface area contributed by atoms with Crippen LogP contribution in [0.15, 0.2) is 29.2 Å². The fraction of sp³-hybridized carbons (Fsp3) is 0.462. The number of primary sulfonamides is 1. The average molecular weight is 361 g/mol. The Morgan fingerprint density at radius 3 is 2.35 bits per heavy atom. The van der Waals surface area contributed by atoms with E-state index in [0.717, 1.165) is 25.3 Å². The number of carbonyl (C=O) groups excluding carboxylic acids is 1. The van der Waals surface area contributed by atoms with Crippen LogP contribution in [0, 0.1) is 0 Å². The predicted octanol–water partition coefficient (Wildman–Crippen LogP) is 1.12. The summed E-state index contributed by atoms with van der Waals surface area (Å²) < 4.78 is 48.7. The molecule has 0 aliphatic heterocycles. The molecule has 4 N–H and O–H groups in total. The van der Waals surface area contributed by atoms with Crippen LogP contribution in [0.4, 0.5) is 10.5 Å². The van der Waals surface area contributed by atoms with E-state index in [2.05, 4.69) is 5.32 Å². The van der Waals surface area contributed by atoms with E-state index in [1.165, 1.54) is 18.2 Å². The van der Waals surface area contributed by atoms with Gasteiger partial charge in [0.2, 0.25) is 20.0 Å². The van der Waals surface area contributed by atoms with Gasteiger partial charge in [0.25, 0.3) is 0 Å². The normalized spacial score (nSPS) is 16.7. The third-order valence-electron chi connectivity index (χ3n) is 3.65. The third-order valence-corrected chi connectivity index (χ3v) is 6.38. The predicted molar refractivity (Wildman–Crippen MR) is 85.8 cm³/mol. The van der Waals surface area contributed by atoms with Crippen LogP contribution in [0.3, 0.4) is 0 Å². The highest BCUT2D eigenvalue weighted by Gasteiger charge is 2.28. The van der Waals surface area contributed by atoms with Crippen molar-refractivity contribution in [3.8, 4) is 0 Å². The van der Waals surface area contributed by atoms with Crippen molar-refractivity contribution in [1.82, 2.24) is 4.72 Å². The summed E-state index contributed by atoms with van der Waals surface area (Å²) in [7, 11) is -7.65. The molecule has 0 unspecified atom stereocenters. The lowest BCUT2D eigenvalue weighted by Crippen LogP contribution is -2.41. The molecule has 0 heterocycles. The first-order chi connectivity index (χ1) is 10.7. The maximum atomic E-state index is 12.1. The Labute approximate surface area is 135 Å². The summed E-state index contributed by atoms with van der Waals surface area (Å²) in [6.07, 6.45) is 3.71. The van der Waals surface area contributed by atoms with Gasteiger partial charge in [0.1, 0.15) is 0 Å². The van der Waals surface area contributed by atoms with Gasteiger partial charge < -0.3 is 5.32 Å². The smallest absolute Gasteiger partial charge is 0.307 e. The molecule has 2 amide bonds. The third kappa shape index (κ3) is 4.91. The fourth-order valence-corrected chi connectivity index (χ4v) is 4.48. The molecule has 0 spiro atoms. The number of amides is 2. The molecule has 0 bridgehead atoms. The van der Waals surface area contributed by atoms with Crippen LogP contribution in [0.1, 0.15) is 32.1 Å². The van der Waals surface area contributed by atoms with Crippen LogP contribution in [0.25, 0.3) is 0 Å². The molecule has 0 atom stereocenters. The lowest BCUT2D eigenvalue weighted by atomic mass is 10.0. The van der Waals surface area contributed by atoms with Crippen LogP contribution in [-0.2, 0) is 20.0 Å². The van der Waals surface area contributed by atoms with E-state index in [4.69, 9.17) is 5.14 Å². The molecule has 1 aromatic carbocycles. The summed E-state index contributed by atoms with van der Waals surface area (Å²) in [5.74, 6) is 0. The largest absolute Gasteiger partial charge is 0.332 e. The van der Waals surface area contributed by atoms with Crippen LogP contribution < -0.4 is 15.2 Å². The minimum Gasteiger partial charge on any atom is -0.307 e. The minimum absolute atomic E-state index is 0.132. The highest BCUT2D eigenvalue weighted by Crippen LogP contribution is 2.23. The van der Waals surface area contributed by atoms with E-state index < -0.39 is 31.3 Å². The van der Waals surface area contributed by atoms with Gasteiger partial charge in [-0.3, -0.25) is 0 Å². The Kier molecular flexibility index (Phi) is 5.27. The van der Waals surface area contributed by atoms with E-state index in [0.29, 0.717) is 12.8 Å². The quantitative estimate of drug-likeness (QED) is 0.738. The van der Waals surface area contributed by atoms with Gasteiger partial charge in [-0.15, -0.1) is 0 Å². The van der Waals surface area contributed by atoms with E-state index >= 15 is 0 Å². The molecular formula is C13H19N3O5S2. The second-order valence-corrected chi connectivity index (χ2v) is 8.96. The second-order valence-electron chi connectivity index (χ2n) is 5.43. The first-order valence-corrected chi connectivity index (χ1v) is 10.2. The Morgan fingerprint density at radius 1 is 1.09 bits per heavy atom. The number of carbonyl (C=O) groups is 1. The van der Waals surface area contributed by atoms with E-state index in [1.54, 1.807) is 0 Å². The number of hydrogen-bond donors (Lipinski definition) is 3. The highest BCUT2D eigenvalue weighted by molar-refractivity contribution is 7.90. The lowest BCUT2D eigenvalue weighted by Gasteiger charge is -2.21. The molecule has 0 saturated heterocycles. The molecule has 128 valence electrons. The molecule has 1 aliphatic carbocycles. The summed E-state index contributed by atoms with van der Waals surface area (Å²) >= 11 is 0. The highest BCUT2D eigenvalue weighted by atomic mass is 32.2. The molecule has 0 radical (unpaired) electrons. The topological polar surface area (TPSA) is 135 Å². The summed E-state index contributed by atoms with van der Waals surface area (Å²) in [6.45, 7) is 0. The van der Waals surface area contributed by atoms with Crippen molar-refractivity contribution in [3.05, 3.63) is 24.3 Å². The monoisotopic (exact) mass is 361 g/mol. The van der Waals surface area contributed by atoms with Gasteiger partial charge in [-0.25, -0.2) is 31.5 Å². The van der Waals surface area contributed by atoms with Crippen molar-refractivity contribution in [2.24, 2.45) is 5.14 Å². The van der Waals surface area contributed by atoms with Crippen LogP contribution in [-0.4, -0.2) is 28.1 Å². The summed E-state index contributed by atoms with van der Waals surface area (Å²) in [5.41, 5.74) is 0.132. The first-order valence-electron chi connectivity index (χ1n) is 7.14. The fourth-order valence-electron chi connectivity index (χ4n) is 2.50. The number of sulfonamides is 2. The number of urea groups is 1. The number of rotatable bonds is 4. The first kappa shape index (κ1) is 17.7. The second kappa shape index (κ2) is 6.85. The zero-order valence-electron chi connectivity index (χ0n) is 12.4. The van der Waals surface area contributed by atoms with Gasteiger partial charge in [-0.05, 0) is 31.0 Å². The summed E-state index contributed by atoms with van der Waals surface area (Å²) in [4.78, 5) is 11.7. The molecule has 8 nitrogen and oxygen atoms in total. The number of anilines is 1. The maximum absolute atomic E-state index is 12.1. The standard InChI is InChI=1S/C13H19N3O5S2/c14-22(18,19)12-8-4-5-10(9-12)15-13(17)16-23(20,21)11-6-2-1-3-7-11/h4-5,8-9,11H,1-3,6-7H2,(H2,14,18,19)(H2,15,16,17). The molecule has 2 rings (SSSR count). The van der Waals surface area contributed by atoms with Crippen molar-refractivity contribution < 1.29 is 21.6 Å². The number of nitrogens with one attached hydrogen (secondary N) is 2. The van der Waals surface area contributed by atoms with Crippen molar-refractivity contribution in [2.75, 3.05) is 5.32 Å². The SMILES string of the molecule is NS(=O)(=O)c1cccc(NC(=O)NS(=O)(=O)C2CCCCC2)c1. The van der Waals surface area contributed by atoms with Gasteiger partial charge in [0, 0.05) is 5.69 Å². The average Bonchev–Trinajstić information content (AvgIpc) is 2.47. The summed E-state index contributed by atoms with van der Waals surface area (Å²) in [5, 5.41) is 6.73. The molecular weight excluding hydrogens is 342 g/mol. The molecule has 0 aromatic heterocycles. The zero-order valence-corrected chi connectivity index (χ0v) is 14.0. The maximum Gasteiger partial charge on any atom is 0.332 e. The number of hydrogen-bond acceptors (Lipinski definition) is 5. The lowest BCUT2D eigenvalue weighted by molar-refractivity contribution is 0.256. The molecule has 1 fully saturated rings. The van der Waals surface area contributed by atoms with Gasteiger partial charge in [0.15, 0.2) is 0 Å². The Morgan fingerprint density at radius 2 is 1.74 bits per heavy atom. The van der Waals surface area contributed by atoms with Gasteiger partial charge in [-0.1, -0.05) is 25.3 Å². The van der Waals surface area contributed by atoms with E-state index in [-0.39, 0.29) is 10.6 Å². The molecule has 1 aliphatic rings. The van der Waals surface area contributed by atoms with Crippen molar-refractivity contribution >= 4 is 31.8 Å². The van der Waals surface area contributed by atoms with Gasteiger partial charge >= 0.3 is 6.03 Å². The molecule has 23 heavy (non-hydrogen) atoms. The van der Waals surface area contributed by atoms with Crippen LogP contribution in [0.2, 0.25) is 0 Å².